The number of carbonyl (C=O) groups excluding carboxylic acids is 1. The molecule has 0 aliphatic heterocycles. The Kier molecular flexibility index (Phi) is 3.92. The van der Waals surface area contributed by atoms with Crippen LogP contribution in [-0.2, 0) is 16.0 Å². The molecule has 23 heavy (non-hydrogen) atoms. The van der Waals surface area contributed by atoms with Crippen molar-refractivity contribution in [1.82, 2.24) is 0 Å². The molecule has 0 aromatic heterocycles. The van der Waals surface area contributed by atoms with Crippen LogP contribution in [0.5, 0.6) is 0 Å². The fourth-order valence-corrected chi connectivity index (χ4v) is 5.48. The molecule has 1 aromatic carbocycles. The topological polar surface area (TPSA) is 52.3 Å². The minimum Gasteiger partial charge on any atom is -0.458 e. The Bertz CT molecular complexity index is 554. The fraction of sp³-hybridized carbons (Fsp3) is 0.650. The van der Waals surface area contributed by atoms with Gasteiger partial charge in [-0.1, -0.05) is 43.2 Å². The fourth-order valence-electron chi connectivity index (χ4n) is 5.48. The molecule has 4 bridgehead atoms. The highest BCUT2D eigenvalue weighted by atomic mass is 16.6. The Morgan fingerprint density at radius 1 is 1.09 bits per heavy atom. The van der Waals surface area contributed by atoms with Gasteiger partial charge >= 0.3 is 5.97 Å². The molecule has 0 spiro atoms. The van der Waals surface area contributed by atoms with E-state index in [4.69, 9.17) is 10.5 Å². The van der Waals surface area contributed by atoms with E-state index in [1.807, 2.05) is 30.3 Å². The van der Waals surface area contributed by atoms with Crippen molar-refractivity contribution in [2.24, 2.45) is 23.5 Å². The number of esters is 1. The Morgan fingerprint density at radius 2 is 1.70 bits per heavy atom. The summed E-state index contributed by atoms with van der Waals surface area (Å²) >= 11 is 0. The lowest BCUT2D eigenvalue weighted by molar-refractivity contribution is -0.175. The van der Waals surface area contributed by atoms with Crippen molar-refractivity contribution in [2.75, 3.05) is 0 Å². The van der Waals surface area contributed by atoms with E-state index >= 15 is 0 Å². The summed E-state index contributed by atoms with van der Waals surface area (Å²) in [6.07, 6.45) is 9.15. The summed E-state index contributed by atoms with van der Waals surface area (Å²) in [5, 5.41) is 0. The van der Waals surface area contributed by atoms with Gasteiger partial charge in [-0.25, -0.2) is 0 Å². The number of nitrogens with two attached hydrogens (primary N) is 1. The summed E-state index contributed by atoms with van der Waals surface area (Å²) in [7, 11) is 0. The third-order valence-electron chi connectivity index (χ3n) is 6.22. The van der Waals surface area contributed by atoms with E-state index in [2.05, 4.69) is 0 Å². The minimum absolute atomic E-state index is 0.196. The molecule has 0 saturated heterocycles. The second-order valence-corrected chi connectivity index (χ2v) is 8.16. The van der Waals surface area contributed by atoms with E-state index in [9.17, 15) is 4.79 Å². The normalized spacial score (nSPS) is 36.5. The number of carbonyl (C=O) groups is 1. The molecule has 5 rings (SSSR count). The van der Waals surface area contributed by atoms with Gasteiger partial charge in [0, 0.05) is 0 Å². The molecule has 0 amide bonds. The average Bonchev–Trinajstić information content (AvgIpc) is 2.73. The zero-order valence-electron chi connectivity index (χ0n) is 13.7. The second-order valence-electron chi connectivity index (χ2n) is 8.16. The standard InChI is InChI=1S/C20H27NO2/c21-18(10-14-4-2-1-3-5-14)19(22)23-20-11-15-6-7-16(12-20)9-17(8-15)13-20/h1-5,15-18H,6-13,21H2. The van der Waals surface area contributed by atoms with Crippen molar-refractivity contribution >= 4 is 5.97 Å². The lowest BCUT2D eigenvalue weighted by Gasteiger charge is -2.47. The van der Waals surface area contributed by atoms with Gasteiger partial charge in [0.05, 0.1) is 0 Å². The summed E-state index contributed by atoms with van der Waals surface area (Å²) in [6.45, 7) is 0. The highest BCUT2D eigenvalue weighted by molar-refractivity contribution is 5.76. The molecule has 3 atom stereocenters. The molecule has 4 saturated carbocycles. The zero-order valence-corrected chi connectivity index (χ0v) is 13.7. The van der Waals surface area contributed by atoms with E-state index < -0.39 is 6.04 Å². The molecule has 0 heterocycles. The molecular formula is C20H27NO2. The van der Waals surface area contributed by atoms with Crippen LogP contribution in [0.4, 0.5) is 0 Å². The summed E-state index contributed by atoms with van der Waals surface area (Å²) in [5.41, 5.74) is 7.04. The van der Waals surface area contributed by atoms with Crippen molar-refractivity contribution in [3.8, 4) is 0 Å². The van der Waals surface area contributed by atoms with Crippen LogP contribution in [0.15, 0.2) is 30.3 Å². The Balaban J connectivity index is 1.43. The van der Waals surface area contributed by atoms with Crippen molar-refractivity contribution < 1.29 is 9.53 Å². The van der Waals surface area contributed by atoms with E-state index in [1.165, 1.54) is 25.7 Å². The first-order chi connectivity index (χ1) is 11.1. The molecular weight excluding hydrogens is 286 g/mol. The summed E-state index contributed by atoms with van der Waals surface area (Å²) in [4.78, 5) is 12.6. The maximum absolute atomic E-state index is 12.6. The largest absolute Gasteiger partial charge is 0.458 e. The zero-order chi connectivity index (χ0) is 15.9. The van der Waals surface area contributed by atoms with Gasteiger partial charge in [0.25, 0.3) is 0 Å². The van der Waals surface area contributed by atoms with Crippen LogP contribution in [0.1, 0.15) is 50.5 Å². The molecule has 4 fully saturated rings. The quantitative estimate of drug-likeness (QED) is 0.866. The van der Waals surface area contributed by atoms with E-state index in [-0.39, 0.29) is 11.6 Å². The van der Waals surface area contributed by atoms with Gasteiger partial charge in [-0.15, -0.1) is 0 Å². The van der Waals surface area contributed by atoms with Crippen LogP contribution in [0, 0.1) is 17.8 Å². The van der Waals surface area contributed by atoms with Gasteiger partial charge in [0.1, 0.15) is 11.6 Å². The molecule has 4 aliphatic rings. The number of fused-ring (bicyclic) bond motifs is 1. The third kappa shape index (κ3) is 3.16. The molecule has 3 heteroatoms. The minimum atomic E-state index is -0.549. The highest BCUT2D eigenvalue weighted by Gasteiger charge is 2.51. The van der Waals surface area contributed by atoms with Gasteiger partial charge in [-0.3, -0.25) is 4.79 Å². The Labute approximate surface area is 138 Å². The van der Waals surface area contributed by atoms with E-state index in [1.54, 1.807) is 0 Å². The van der Waals surface area contributed by atoms with Crippen LogP contribution in [0.25, 0.3) is 0 Å². The molecule has 2 N–H and O–H groups in total. The summed E-state index contributed by atoms with van der Waals surface area (Å²) in [5.74, 6) is 2.10. The van der Waals surface area contributed by atoms with Crippen LogP contribution < -0.4 is 5.73 Å². The second kappa shape index (κ2) is 5.94. The number of hydrogen-bond acceptors (Lipinski definition) is 3. The van der Waals surface area contributed by atoms with Gasteiger partial charge in [0.15, 0.2) is 0 Å². The lowest BCUT2D eigenvalue weighted by Crippen LogP contribution is -2.49. The summed E-state index contributed by atoms with van der Waals surface area (Å²) < 4.78 is 6.10. The number of benzene rings is 1. The van der Waals surface area contributed by atoms with Crippen molar-refractivity contribution in [1.29, 1.82) is 0 Å². The predicted molar refractivity (Wildman–Crippen MR) is 89.7 cm³/mol. The Morgan fingerprint density at radius 3 is 2.35 bits per heavy atom. The monoisotopic (exact) mass is 313 g/mol. The SMILES string of the molecule is NC(Cc1ccccc1)C(=O)OC12CC3CCC(CC(C3)C1)C2. The van der Waals surface area contributed by atoms with Crippen LogP contribution in [0.3, 0.4) is 0 Å². The van der Waals surface area contributed by atoms with Gasteiger partial charge in [-0.2, -0.15) is 0 Å². The van der Waals surface area contributed by atoms with E-state index in [0.717, 1.165) is 42.6 Å². The van der Waals surface area contributed by atoms with Gasteiger partial charge < -0.3 is 10.5 Å². The van der Waals surface area contributed by atoms with Crippen LogP contribution in [-0.4, -0.2) is 17.6 Å². The van der Waals surface area contributed by atoms with Crippen LogP contribution >= 0.6 is 0 Å². The molecule has 0 radical (unpaired) electrons. The van der Waals surface area contributed by atoms with Gasteiger partial charge in [0.2, 0.25) is 0 Å². The number of ether oxygens (including phenoxy) is 1. The summed E-state index contributed by atoms with van der Waals surface area (Å²) in [6, 6.07) is 9.43. The first-order valence-electron chi connectivity index (χ1n) is 9.14. The van der Waals surface area contributed by atoms with Crippen molar-refractivity contribution in [3.05, 3.63) is 35.9 Å². The third-order valence-corrected chi connectivity index (χ3v) is 6.22. The van der Waals surface area contributed by atoms with Crippen LogP contribution in [0.2, 0.25) is 0 Å². The molecule has 124 valence electrons. The maximum Gasteiger partial charge on any atom is 0.323 e. The lowest BCUT2D eigenvalue weighted by atomic mass is 9.65. The number of rotatable bonds is 4. The Hall–Kier alpha value is -1.35. The first kappa shape index (κ1) is 15.2. The first-order valence-corrected chi connectivity index (χ1v) is 9.14. The van der Waals surface area contributed by atoms with Crippen molar-refractivity contribution in [2.45, 2.75) is 63.0 Å². The number of hydrogen-bond donors (Lipinski definition) is 1. The highest BCUT2D eigenvalue weighted by Crippen LogP contribution is 2.54. The molecule has 4 aliphatic carbocycles. The van der Waals surface area contributed by atoms with E-state index in [0.29, 0.717) is 6.42 Å². The maximum atomic E-state index is 12.6. The molecule has 3 nitrogen and oxygen atoms in total. The molecule has 3 unspecified atom stereocenters. The van der Waals surface area contributed by atoms with Crippen molar-refractivity contribution in [3.63, 3.8) is 0 Å². The van der Waals surface area contributed by atoms with Gasteiger partial charge in [-0.05, 0) is 61.8 Å². The smallest absolute Gasteiger partial charge is 0.323 e. The average molecular weight is 313 g/mol. The molecule has 1 aromatic rings. The predicted octanol–water partition coefficient (Wildman–Crippen LogP) is 3.46.